The number of hydrogen-bond acceptors (Lipinski definition) is 2. The molecule has 11 heavy (non-hydrogen) atoms. The van der Waals surface area contributed by atoms with Gasteiger partial charge in [-0.3, -0.25) is 0 Å². The van der Waals surface area contributed by atoms with Crippen LogP contribution in [0.4, 0.5) is 0 Å². The van der Waals surface area contributed by atoms with Gasteiger partial charge in [-0.2, -0.15) is 0 Å². The van der Waals surface area contributed by atoms with Gasteiger partial charge in [0.25, 0.3) is 0 Å². The molecule has 0 aromatic heterocycles. The van der Waals surface area contributed by atoms with E-state index in [9.17, 15) is 0 Å². The highest BCUT2D eigenvalue weighted by atomic mass is 15.2. The van der Waals surface area contributed by atoms with Crippen LogP contribution >= 0.6 is 0 Å². The maximum Gasteiger partial charge on any atom is 0.0120 e. The van der Waals surface area contributed by atoms with E-state index in [1.165, 1.54) is 38.8 Å². The highest BCUT2D eigenvalue weighted by Gasteiger charge is 2.46. The number of nitrogens with zero attached hydrogens (tertiary/aromatic N) is 1. The zero-order valence-electron chi connectivity index (χ0n) is 7.34. The molecule has 2 heteroatoms. The molecule has 0 radical (unpaired) electrons. The van der Waals surface area contributed by atoms with E-state index in [2.05, 4.69) is 11.9 Å². The first-order chi connectivity index (χ1) is 5.23. The van der Waals surface area contributed by atoms with Crippen LogP contribution in [0.3, 0.4) is 0 Å². The Morgan fingerprint density at radius 3 is 2.64 bits per heavy atom. The molecular formula is C9H18N2. The first-order valence-corrected chi connectivity index (χ1v) is 4.67. The molecule has 2 nitrogen and oxygen atoms in total. The number of hydrogen-bond donors (Lipinski definition) is 1. The van der Waals surface area contributed by atoms with Gasteiger partial charge in [0.05, 0.1) is 0 Å². The van der Waals surface area contributed by atoms with Gasteiger partial charge in [0.15, 0.2) is 0 Å². The molecule has 1 atom stereocenters. The molecule has 1 spiro atoms. The van der Waals surface area contributed by atoms with E-state index in [0.717, 1.165) is 0 Å². The molecule has 1 heterocycles. The molecule has 1 aliphatic heterocycles. The monoisotopic (exact) mass is 154 g/mol. The van der Waals surface area contributed by atoms with Gasteiger partial charge in [0.1, 0.15) is 0 Å². The first-order valence-electron chi connectivity index (χ1n) is 4.67. The lowest BCUT2D eigenvalue weighted by atomic mass is 9.66. The van der Waals surface area contributed by atoms with Crippen LogP contribution in [0, 0.1) is 5.41 Å². The van der Waals surface area contributed by atoms with E-state index in [1.54, 1.807) is 0 Å². The Morgan fingerprint density at radius 2 is 2.09 bits per heavy atom. The summed E-state index contributed by atoms with van der Waals surface area (Å²) in [6.45, 7) is 2.49. The van der Waals surface area contributed by atoms with Crippen molar-refractivity contribution < 1.29 is 0 Å². The number of rotatable bonds is 0. The van der Waals surface area contributed by atoms with Crippen LogP contribution in [0.15, 0.2) is 0 Å². The van der Waals surface area contributed by atoms with Crippen molar-refractivity contribution >= 4 is 0 Å². The topological polar surface area (TPSA) is 29.3 Å². The third kappa shape index (κ3) is 1.09. The van der Waals surface area contributed by atoms with Crippen LogP contribution in [-0.2, 0) is 0 Å². The van der Waals surface area contributed by atoms with Crippen LogP contribution < -0.4 is 5.73 Å². The Kier molecular flexibility index (Phi) is 1.69. The molecule has 2 aliphatic rings. The predicted molar refractivity (Wildman–Crippen MR) is 46.4 cm³/mol. The smallest absolute Gasteiger partial charge is 0.0120 e. The van der Waals surface area contributed by atoms with Gasteiger partial charge in [-0.1, -0.05) is 12.8 Å². The van der Waals surface area contributed by atoms with E-state index in [4.69, 9.17) is 5.73 Å². The van der Waals surface area contributed by atoms with Crippen molar-refractivity contribution in [2.24, 2.45) is 11.1 Å². The third-order valence-electron chi connectivity index (χ3n) is 3.40. The lowest BCUT2D eigenvalue weighted by Crippen LogP contribution is -2.63. The van der Waals surface area contributed by atoms with Crippen molar-refractivity contribution in [3.63, 3.8) is 0 Å². The lowest BCUT2D eigenvalue weighted by Gasteiger charge is -2.54. The van der Waals surface area contributed by atoms with E-state index in [1.807, 2.05) is 0 Å². The average molecular weight is 154 g/mol. The van der Waals surface area contributed by atoms with E-state index in [-0.39, 0.29) is 0 Å². The number of nitrogens with two attached hydrogens (primary N) is 1. The van der Waals surface area contributed by atoms with Crippen LogP contribution in [0.1, 0.15) is 25.7 Å². The highest BCUT2D eigenvalue weighted by molar-refractivity contribution is 5.02. The Bertz CT molecular complexity index is 144. The minimum absolute atomic E-state index is 0.493. The predicted octanol–water partition coefficient (Wildman–Crippen LogP) is 0.820. The summed E-state index contributed by atoms with van der Waals surface area (Å²) in [6, 6.07) is 0.493. The third-order valence-corrected chi connectivity index (χ3v) is 3.40. The van der Waals surface area contributed by atoms with Crippen molar-refractivity contribution in [3.8, 4) is 0 Å². The molecule has 0 amide bonds. The van der Waals surface area contributed by atoms with Crippen molar-refractivity contribution in [1.82, 2.24) is 4.90 Å². The average Bonchev–Trinajstić information content (AvgIpc) is 1.92. The Hall–Kier alpha value is -0.0800. The largest absolute Gasteiger partial charge is 0.327 e. The normalized spacial score (nSPS) is 37.1. The summed E-state index contributed by atoms with van der Waals surface area (Å²) >= 11 is 0. The summed E-state index contributed by atoms with van der Waals surface area (Å²) in [5.41, 5.74) is 6.65. The molecule has 1 saturated heterocycles. The molecule has 2 N–H and O–H groups in total. The SMILES string of the molecule is CN1CC2(CCCCC2N)C1. The van der Waals surface area contributed by atoms with Gasteiger partial charge in [0.2, 0.25) is 0 Å². The Morgan fingerprint density at radius 1 is 1.36 bits per heavy atom. The second kappa shape index (κ2) is 2.46. The van der Waals surface area contributed by atoms with Gasteiger partial charge in [-0.05, 0) is 19.9 Å². The minimum atomic E-state index is 0.493. The molecule has 0 aromatic carbocycles. The molecule has 1 aliphatic carbocycles. The first kappa shape index (κ1) is 7.56. The fourth-order valence-electron chi connectivity index (χ4n) is 2.75. The summed E-state index contributed by atoms with van der Waals surface area (Å²) in [6.07, 6.45) is 5.39. The van der Waals surface area contributed by atoms with Crippen LogP contribution in [0.5, 0.6) is 0 Å². The van der Waals surface area contributed by atoms with Gasteiger partial charge in [-0.25, -0.2) is 0 Å². The van der Waals surface area contributed by atoms with Gasteiger partial charge < -0.3 is 10.6 Å². The quantitative estimate of drug-likeness (QED) is 0.559. The summed E-state index contributed by atoms with van der Waals surface area (Å²) < 4.78 is 0. The molecule has 64 valence electrons. The zero-order chi connectivity index (χ0) is 7.90. The maximum absolute atomic E-state index is 6.11. The number of likely N-dealkylation sites (tertiary alicyclic amines) is 1. The van der Waals surface area contributed by atoms with Crippen molar-refractivity contribution in [2.75, 3.05) is 20.1 Å². The summed E-state index contributed by atoms with van der Waals surface area (Å²) in [4.78, 5) is 2.38. The standard InChI is InChI=1S/C9H18N2/c1-11-6-9(7-11)5-3-2-4-8(9)10/h8H,2-7,10H2,1H3. The van der Waals surface area contributed by atoms with E-state index < -0.39 is 0 Å². The molecule has 0 bridgehead atoms. The zero-order valence-corrected chi connectivity index (χ0v) is 7.34. The van der Waals surface area contributed by atoms with E-state index in [0.29, 0.717) is 11.5 Å². The highest BCUT2D eigenvalue weighted by Crippen LogP contribution is 2.42. The van der Waals surface area contributed by atoms with Gasteiger partial charge >= 0.3 is 0 Å². The second-order valence-electron chi connectivity index (χ2n) is 4.39. The van der Waals surface area contributed by atoms with Crippen molar-refractivity contribution in [3.05, 3.63) is 0 Å². The van der Waals surface area contributed by atoms with Crippen molar-refractivity contribution in [2.45, 2.75) is 31.7 Å². The van der Waals surface area contributed by atoms with Gasteiger partial charge in [-0.15, -0.1) is 0 Å². The molecule has 2 rings (SSSR count). The fraction of sp³-hybridized carbons (Fsp3) is 1.00. The van der Waals surface area contributed by atoms with Crippen LogP contribution in [0.2, 0.25) is 0 Å². The van der Waals surface area contributed by atoms with Crippen LogP contribution in [0.25, 0.3) is 0 Å². The van der Waals surface area contributed by atoms with Crippen LogP contribution in [-0.4, -0.2) is 31.1 Å². The molecule has 0 aromatic rings. The summed E-state index contributed by atoms with van der Waals surface area (Å²) in [5, 5.41) is 0. The molecular weight excluding hydrogens is 136 g/mol. The van der Waals surface area contributed by atoms with Gasteiger partial charge in [0, 0.05) is 24.5 Å². The Balaban J connectivity index is 2.00. The maximum atomic E-state index is 6.11. The fourth-order valence-corrected chi connectivity index (χ4v) is 2.75. The molecule has 1 unspecified atom stereocenters. The molecule has 1 saturated carbocycles. The second-order valence-corrected chi connectivity index (χ2v) is 4.39. The Labute approximate surface area is 68.7 Å². The summed E-state index contributed by atoms with van der Waals surface area (Å²) in [5.74, 6) is 0. The lowest BCUT2D eigenvalue weighted by molar-refractivity contribution is -0.0258. The van der Waals surface area contributed by atoms with E-state index >= 15 is 0 Å². The van der Waals surface area contributed by atoms with Crippen molar-refractivity contribution in [1.29, 1.82) is 0 Å². The summed E-state index contributed by atoms with van der Waals surface area (Å²) in [7, 11) is 2.19. The molecule has 2 fully saturated rings. The minimum Gasteiger partial charge on any atom is -0.327 e.